The summed E-state index contributed by atoms with van der Waals surface area (Å²) in [5.74, 6) is 0.0742. The predicted molar refractivity (Wildman–Crippen MR) is 82.6 cm³/mol. The number of aromatic hydroxyl groups is 1. The molecule has 1 N–H and O–H groups in total. The first-order chi connectivity index (χ1) is 9.65. The second kappa shape index (κ2) is 6.73. The monoisotopic (exact) mass is 284 g/mol. The molecule has 2 aromatic rings. The molecule has 2 aromatic carbocycles. The number of benzene rings is 2. The summed E-state index contributed by atoms with van der Waals surface area (Å²) < 4.78 is 0. The maximum Gasteiger partial charge on any atom is 0.178 e. The normalized spacial score (nSPS) is 11.2. The van der Waals surface area contributed by atoms with E-state index in [-0.39, 0.29) is 11.5 Å². The summed E-state index contributed by atoms with van der Waals surface area (Å²) in [5.41, 5.74) is 1.66. The van der Waals surface area contributed by atoms with E-state index in [4.69, 9.17) is 16.7 Å². The van der Waals surface area contributed by atoms with Gasteiger partial charge in [-0.25, -0.2) is 0 Å². The van der Waals surface area contributed by atoms with Gasteiger partial charge < -0.3 is 5.11 Å². The number of hydrogen-bond acceptors (Lipinski definition) is 2. The average Bonchev–Trinajstić information content (AvgIpc) is 2.46. The van der Waals surface area contributed by atoms with Crippen LogP contribution in [0.4, 0.5) is 0 Å². The molecule has 0 amide bonds. The Kier molecular flexibility index (Phi) is 4.75. The Morgan fingerprint density at radius 2 is 1.60 bits per heavy atom. The minimum absolute atomic E-state index is 0.127. The van der Waals surface area contributed by atoms with Crippen molar-refractivity contribution in [2.24, 2.45) is 0 Å². The van der Waals surface area contributed by atoms with Gasteiger partial charge in [-0.05, 0) is 47.6 Å². The van der Waals surface area contributed by atoms with Gasteiger partial charge in [0.1, 0.15) is 5.75 Å². The number of allylic oxidation sites excluding steroid dienone is 2. The standard InChI is InChI=1S/C17H13ClO2/c18-17-4-2-1-3-14(17)8-12-16(20)11-7-13-5-9-15(19)10-6-13/h1-12,19H. The Labute approximate surface area is 122 Å². The fraction of sp³-hybridized carbons (Fsp3) is 0. The van der Waals surface area contributed by atoms with Crippen molar-refractivity contribution in [3.63, 3.8) is 0 Å². The highest BCUT2D eigenvalue weighted by Crippen LogP contribution is 2.16. The smallest absolute Gasteiger partial charge is 0.178 e. The van der Waals surface area contributed by atoms with Gasteiger partial charge in [-0.3, -0.25) is 4.79 Å². The Bertz CT molecular complexity index is 655. The maximum atomic E-state index is 11.7. The van der Waals surface area contributed by atoms with Crippen molar-refractivity contribution in [1.82, 2.24) is 0 Å². The number of phenolic OH excluding ortho intramolecular Hbond substituents is 1. The topological polar surface area (TPSA) is 37.3 Å². The largest absolute Gasteiger partial charge is 0.508 e. The van der Waals surface area contributed by atoms with Crippen LogP contribution >= 0.6 is 11.6 Å². The lowest BCUT2D eigenvalue weighted by Crippen LogP contribution is -1.85. The van der Waals surface area contributed by atoms with Crippen molar-refractivity contribution in [3.8, 4) is 5.75 Å². The first kappa shape index (κ1) is 14.1. The molecule has 0 aromatic heterocycles. The van der Waals surface area contributed by atoms with Crippen LogP contribution in [0.5, 0.6) is 5.75 Å². The van der Waals surface area contributed by atoms with Gasteiger partial charge in [-0.1, -0.05) is 48.0 Å². The molecular weight excluding hydrogens is 272 g/mol. The van der Waals surface area contributed by atoms with Gasteiger partial charge >= 0.3 is 0 Å². The Morgan fingerprint density at radius 3 is 2.30 bits per heavy atom. The zero-order valence-electron chi connectivity index (χ0n) is 10.7. The number of halogens is 1. The third-order valence-corrected chi connectivity index (χ3v) is 3.01. The molecule has 0 radical (unpaired) electrons. The molecule has 0 fully saturated rings. The summed E-state index contributed by atoms with van der Waals surface area (Å²) in [7, 11) is 0. The van der Waals surface area contributed by atoms with Gasteiger partial charge in [-0.2, -0.15) is 0 Å². The minimum atomic E-state index is -0.127. The highest BCUT2D eigenvalue weighted by molar-refractivity contribution is 6.32. The number of hydrogen-bond donors (Lipinski definition) is 1. The summed E-state index contributed by atoms with van der Waals surface area (Å²) in [5, 5.41) is 9.77. The molecule has 0 atom stereocenters. The molecule has 0 saturated heterocycles. The average molecular weight is 285 g/mol. The van der Waals surface area contributed by atoms with E-state index in [1.54, 1.807) is 42.5 Å². The molecule has 20 heavy (non-hydrogen) atoms. The summed E-state index contributed by atoms with van der Waals surface area (Å²) >= 11 is 5.99. The molecule has 0 unspecified atom stereocenters. The zero-order valence-corrected chi connectivity index (χ0v) is 11.4. The lowest BCUT2D eigenvalue weighted by Gasteiger charge is -1.95. The Balaban J connectivity index is 2.02. The summed E-state index contributed by atoms with van der Waals surface area (Å²) in [6, 6.07) is 13.9. The van der Waals surface area contributed by atoms with E-state index in [0.29, 0.717) is 5.02 Å². The van der Waals surface area contributed by atoms with Crippen molar-refractivity contribution in [1.29, 1.82) is 0 Å². The molecule has 0 aliphatic heterocycles. The van der Waals surface area contributed by atoms with Gasteiger partial charge in [-0.15, -0.1) is 0 Å². The van der Waals surface area contributed by atoms with Crippen molar-refractivity contribution in [2.45, 2.75) is 0 Å². The second-order valence-electron chi connectivity index (χ2n) is 4.18. The van der Waals surface area contributed by atoms with E-state index in [9.17, 15) is 4.79 Å². The summed E-state index contributed by atoms with van der Waals surface area (Å²) in [4.78, 5) is 11.7. The van der Waals surface area contributed by atoms with Crippen LogP contribution < -0.4 is 0 Å². The van der Waals surface area contributed by atoms with Crippen molar-refractivity contribution in [2.75, 3.05) is 0 Å². The molecule has 0 aliphatic carbocycles. The second-order valence-corrected chi connectivity index (χ2v) is 4.59. The number of rotatable bonds is 4. The van der Waals surface area contributed by atoms with E-state index in [1.165, 1.54) is 12.2 Å². The van der Waals surface area contributed by atoms with E-state index in [1.807, 2.05) is 18.2 Å². The van der Waals surface area contributed by atoms with Crippen molar-refractivity contribution in [3.05, 3.63) is 76.8 Å². The number of carbonyl (C=O) groups is 1. The highest BCUT2D eigenvalue weighted by atomic mass is 35.5. The van der Waals surface area contributed by atoms with Crippen LogP contribution in [0.1, 0.15) is 11.1 Å². The Morgan fingerprint density at radius 1 is 0.950 bits per heavy atom. The molecule has 0 heterocycles. The third kappa shape index (κ3) is 4.11. The van der Waals surface area contributed by atoms with Crippen LogP contribution in [0.25, 0.3) is 12.2 Å². The predicted octanol–water partition coefficient (Wildman–Crippen LogP) is 4.34. The number of carbonyl (C=O) groups excluding carboxylic acids is 1. The first-order valence-electron chi connectivity index (χ1n) is 6.09. The third-order valence-electron chi connectivity index (χ3n) is 2.67. The minimum Gasteiger partial charge on any atom is -0.508 e. The summed E-state index contributed by atoms with van der Waals surface area (Å²) in [6.07, 6.45) is 6.32. The van der Waals surface area contributed by atoms with Gasteiger partial charge in [0.2, 0.25) is 0 Å². The van der Waals surface area contributed by atoms with Crippen molar-refractivity contribution < 1.29 is 9.90 Å². The quantitative estimate of drug-likeness (QED) is 0.848. The van der Waals surface area contributed by atoms with Crippen LogP contribution in [0, 0.1) is 0 Å². The Hall–Kier alpha value is -2.32. The van der Waals surface area contributed by atoms with Gasteiger partial charge in [0.15, 0.2) is 5.78 Å². The number of phenols is 1. The van der Waals surface area contributed by atoms with Crippen LogP contribution in [0.15, 0.2) is 60.7 Å². The van der Waals surface area contributed by atoms with E-state index < -0.39 is 0 Å². The molecule has 0 aliphatic rings. The lowest BCUT2D eigenvalue weighted by atomic mass is 10.1. The molecule has 3 heteroatoms. The van der Waals surface area contributed by atoms with E-state index in [0.717, 1.165) is 11.1 Å². The van der Waals surface area contributed by atoms with E-state index in [2.05, 4.69) is 0 Å². The molecule has 2 rings (SSSR count). The van der Waals surface area contributed by atoms with Gasteiger partial charge in [0.25, 0.3) is 0 Å². The van der Waals surface area contributed by atoms with Gasteiger partial charge in [0, 0.05) is 5.02 Å². The van der Waals surface area contributed by atoms with Crippen LogP contribution in [0.2, 0.25) is 5.02 Å². The van der Waals surface area contributed by atoms with Crippen LogP contribution in [-0.2, 0) is 4.79 Å². The molecule has 0 bridgehead atoms. The first-order valence-corrected chi connectivity index (χ1v) is 6.46. The highest BCUT2D eigenvalue weighted by Gasteiger charge is 1.95. The van der Waals surface area contributed by atoms with E-state index >= 15 is 0 Å². The zero-order chi connectivity index (χ0) is 14.4. The SMILES string of the molecule is O=C(C=Cc1ccc(O)cc1)C=Cc1ccccc1Cl. The fourth-order valence-electron chi connectivity index (χ4n) is 1.60. The molecular formula is C17H13ClO2. The van der Waals surface area contributed by atoms with Crippen LogP contribution in [0.3, 0.4) is 0 Å². The fourth-order valence-corrected chi connectivity index (χ4v) is 1.80. The maximum absolute atomic E-state index is 11.7. The lowest BCUT2D eigenvalue weighted by molar-refractivity contribution is -0.110. The molecule has 100 valence electrons. The molecule has 2 nitrogen and oxygen atoms in total. The summed E-state index contributed by atoms with van der Waals surface area (Å²) in [6.45, 7) is 0. The number of ketones is 1. The van der Waals surface area contributed by atoms with Crippen LogP contribution in [-0.4, -0.2) is 10.9 Å². The molecule has 0 saturated carbocycles. The molecule has 0 spiro atoms. The van der Waals surface area contributed by atoms with Crippen molar-refractivity contribution >= 4 is 29.5 Å². The van der Waals surface area contributed by atoms with Gasteiger partial charge in [0.05, 0.1) is 0 Å².